The Hall–Kier alpha value is -6.70. The molecular weight excluding hydrogens is 640 g/mol. The number of hydrogen-bond donors (Lipinski definition) is 4. The number of nitrogens with one attached hydrogen (secondary N) is 4. The second-order valence-electron chi connectivity index (χ2n) is 9.53. The molecule has 0 aliphatic carbocycles. The Kier molecular flexibility index (Phi) is 16.6. The molecule has 0 spiro atoms. The highest BCUT2D eigenvalue weighted by Crippen LogP contribution is 2.03. The summed E-state index contributed by atoms with van der Waals surface area (Å²) in [4.78, 5) is 74.2. The van der Waals surface area contributed by atoms with E-state index in [1.807, 2.05) is 23.7 Å². The number of terminal acetylenes is 4. The SMILES string of the molecule is C#CC(=O)NCCN(CCNC(=O)C#C)C(=O)c1cn(CCOCCn2cc(C(=O)N(CCNC(=O)C#C)CCNC(=O)C#C)nn2)nn1. The van der Waals surface area contributed by atoms with E-state index in [1.54, 1.807) is 0 Å². The molecule has 0 atom stereocenters. The monoisotopic (exact) mass is 674 g/mol. The van der Waals surface area contributed by atoms with E-state index in [0.29, 0.717) is 0 Å². The summed E-state index contributed by atoms with van der Waals surface area (Å²) in [6.45, 7) is 1.48. The van der Waals surface area contributed by atoms with Crippen molar-refractivity contribution in [3.63, 3.8) is 0 Å². The van der Waals surface area contributed by atoms with E-state index in [4.69, 9.17) is 30.4 Å². The summed E-state index contributed by atoms with van der Waals surface area (Å²) in [6.07, 6.45) is 23.0. The third-order valence-electron chi connectivity index (χ3n) is 6.21. The molecule has 0 aliphatic heterocycles. The minimum atomic E-state index is -0.635. The highest BCUT2D eigenvalue weighted by atomic mass is 16.5. The van der Waals surface area contributed by atoms with Crippen molar-refractivity contribution in [3.05, 3.63) is 23.8 Å². The minimum absolute atomic E-state index is 0.0252. The lowest BCUT2D eigenvalue weighted by Crippen LogP contribution is -2.42. The fraction of sp³-hybridized carbons (Fsp3) is 0.400. The first-order valence-corrected chi connectivity index (χ1v) is 14.6. The van der Waals surface area contributed by atoms with E-state index >= 15 is 0 Å². The highest BCUT2D eigenvalue weighted by molar-refractivity contribution is 5.95. The number of rotatable bonds is 20. The van der Waals surface area contributed by atoms with Crippen LogP contribution in [-0.4, -0.2) is 141 Å². The Morgan fingerprint density at radius 3 is 1.18 bits per heavy atom. The molecule has 256 valence electrons. The first kappa shape index (κ1) is 38.5. The Bertz CT molecular complexity index is 1470. The van der Waals surface area contributed by atoms with E-state index in [9.17, 15) is 28.8 Å². The molecule has 6 amide bonds. The Morgan fingerprint density at radius 1 is 0.592 bits per heavy atom. The molecule has 4 N–H and O–H groups in total. The number of carbonyl (C=O) groups excluding carboxylic acids is 6. The van der Waals surface area contributed by atoms with Crippen LogP contribution >= 0.6 is 0 Å². The van der Waals surface area contributed by atoms with Gasteiger partial charge in [-0.05, 0) is 23.7 Å². The predicted molar refractivity (Wildman–Crippen MR) is 170 cm³/mol. The third-order valence-corrected chi connectivity index (χ3v) is 6.21. The van der Waals surface area contributed by atoms with Gasteiger partial charge in [0.05, 0.1) is 38.7 Å². The summed E-state index contributed by atoms with van der Waals surface area (Å²) in [7, 11) is 0. The molecule has 0 fully saturated rings. The number of ether oxygens (including phenoxy) is 1. The average molecular weight is 675 g/mol. The average Bonchev–Trinajstić information content (AvgIpc) is 3.79. The van der Waals surface area contributed by atoms with Crippen LogP contribution in [0.3, 0.4) is 0 Å². The van der Waals surface area contributed by atoms with Crippen LogP contribution in [0.2, 0.25) is 0 Å². The molecule has 0 radical (unpaired) electrons. The van der Waals surface area contributed by atoms with Crippen molar-refractivity contribution >= 4 is 35.4 Å². The fourth-order valence-corrected chi connectivity index (χ4v) is 3.81. The van der Waals surface area contributed by atoms with Crippen molar-refractivity contribution < 1.29 is 33.5 Å². The summed E-state index contributed by atoms with van der Waals surface area (Å²) >= 11 is 0. The van der Waals surface area contributed by atoms with Crippen molar-refractivity contribution in [1.82, 2.24) is 61.1 Å². The second kappa shape index (κ2) is 21.2. The van der Waals surface area contributed by atoms with Crippen LogP contribution in [0.25, 0.3) is 0 Å². The second-order valence-corrected chi connectivity index (χ2v) is 9.53. The molecule has 2 rings (SSSR count). The van der Waals surface area contributed by atoms with E-state index in [0.717, 1.165) is 0 Å². The Morgan fingerprint density at radius 2 is 0.898 bits per heavy atom. The maximum atomic E-state index is 13.0. The van der Waals surface area contributed by atoms with Gasteiger partial charge in [-0.1, -0.05) is 10.4 Å². The van der Waals surface area contributed by atoms with Gasteiger partial charge in [-0.15, -0.1) is 35.9 Å². The summed E-state index contributed by atoms with van der Waals surface area (Å²) < 4.78 is 8.44. The number of hydrogen-bond acceptors (Lipinski definition) is 11. The molecule has 0 unspecified atom stereocenters. The van der Waals surface area contributed by atoms with E-state index in [-0.39, 0.29) is 90.0 Å². The van der Waals surface area contributed by atoms with Crippen LogP contribution in [0.15, 0.2) is 12.4 Å². The molecule has 0 aliphatic rings. The molecule has 19 heteroatoms. The standard InChI is InChI=1S/C30H34N12O7/c1-5-25(43)31-9-13-39(14-10-32-26(44)6-2)29(47)23-21-41(37-35-23)17-19-49-20-18-42-22-24(36-38-42)30(48)40(15-11-33-27(45)7-3)16-12-34-28(46)8-4/h1-4,21-22H,9-20H2,(H,31,43)(H,32,44)(H,33,45)(H,34,46). The summed E-state index contributed by atoms with van der Waals surface area (Å²) in [6, 6.07) is 0. The molecule has 0 saturated heterocycles. The van der Waals surface area contributed by atoms with Gasteiger partial charge in [0.2, 0.25) is 0 Å². The van der Waals surface area contributed by atoms with Crippen LogP contribution in [-0.2, 0) is 37.0 Å². The van der Waals surface area contributed by atoms with E-state index < -0.39 is 35.4 Å². The largest absolute Gasteiger partial charge is 0.378 e. The van der Waals surface area contributed by atoms with Crippen LogP contribution in [0.1, 0.15) is 21.0 Å². The lowest BCUT2D eigenvalue weighted by atomic mass is 10.3. The number of amides is 6. The van der Waals surface area contributed by atoms with Crippen molar-refractivity contribution in [2.75, 3.05) is 65.6 Å². The maximum absolute atomic E-state index is 13.0. The van der Waals surface area contributed by atoms with Gasteiger partial charge in [0.25, 0.3) is 35.4 Å². The van der Waals surface area contributed by atoms with E-state index in [1.165, 1.54) is 31.6 Å². The topological polar surface area (TPSA) is 228 Å². The van der Waals surface area contributed by atoms with Gasteiger partial charge in [-0.3, -0.25) is 28.8 Å². The lowest BCUT2D eigenvalue weighted by molar-refractivity contribution is -0.116. The lowest BCUT2D eigenvalue weighted by Gasteiger charge is -2.21. The quantitative estimate of drug-likeness (QED) is 0.0773. The molecule has 2 aromatic heterocycles. The number of aromatic nitrogens is 6. The zero-order chi connectivity index (χ0) is 36.0. The van der Waals surface area contributed by atoms with Gasteiger partial charge in [0, 0.05) is 52.4 Å². The van der Waals surface area contributed by atoms with Crippen molar-refractivity contribution in [3.8, 4) is 49.4 Å². The van der Waals surface area contributed by atoms with Crippen LogP contribution < -0.4 is 21.3 Å². The molecule has 2 heterocycles. The van der Waals surface area contributed by atoms with Gasteiger partial charge in [0.15, 0.2) is 11.4 Å². The van der Waals surface area contributed by atoms with Crippen LogP contribution in [0.4, 0.5) is 0 Å². The molecule has 0 saturated carbocycles. The van der Waals surface area contributed by atoms with Gasteiger partial charge >= 0.3 is 0 Å². The minimum Gasteiger partial charge on any atom is -0.378 e. The zero-order valence-electron chi connectivity index (χ0n) is 26.4. The van der Waals surface area contributed by atoms with E-state index in [2.05, 4.69) is 41.9 Å². The van der Waals surface area contributed by atoms with Crippen molar-refractivity contribution in [2.24, 2.45) is 0 Å². The molecular formula is C30H34N12O7. The number of nitrogens with zero attached hydrogens (tertiary/aromatic N) is 8. The molecule has 0 aromatic carbocycles. The van der Waals surface area contributed by atoms with Gasteiger partial charge in [-0.25, -0.2) is 9.36 Å². The van der Waals surface area contributed by atoms with Gasteiger partial charge in [-0.2, -0.15) is 0 Å². The normalized spacial score (nSPS) is 9.88. The maximum Gasteiger partial charge on any atom is 0.295 e. The van der Waals surface area contributed by atoms with Gasteiger partial charge < -0.3 is 35.8 Å². The first-order chi connectivity index (χ1) is 23.6. The number of carbonyl (C=O) groups is 6. The summed E-state index contributed by atoms with van der Waals surface area (Å²) in [5.41, 5.74) is 0.0505. The Labute approximate surface area is 281 Å². The first-order valence-electron chi connectivity index (χ1n) is 14.6. The summed E-state index contributed by atoms with van der Waals surface area (Å²) in [5, 5.41) is 25.5. The van der Waals surface area contributed by atoms with Gasteiger partial charge in [0.1, 0.15) is 0 Å². The van der Waals surface area contributed by atoms with Crippen molar-refractivity contribution in [1.29, 1.82) is 0 Å². The smallest absolute Gasteiger partial charge is 0.295 e. The summed E-state index contributed by atoms with van der Waals surface area (Å²) in [5.74, 6) is 4.11. The molecule has 2 aromatic rings. The predicted octanol–water partition coefficient (Wildman–Crippen LogP) is -4.53. The highest BCUT2D eigenvalue weighted by Gasteiger charge is 2.21. The van der Waals surface area contributed by atoms with Crippen LogP contribution in [0.5, 0.6) is 0 Å². The molecule has 49 heavy (non-hydrogen) atoms. The zero-order valence-corrected chi connectivity index (χ0v) is 26.4. The fourth-order valence-electron chi connectivity index (χ4n) is 3.81. The molecule has 0 bridgehead atoms. The van der Waals surface area contributed by atoms with Crippen LogP contribution in [0, 0.1) is 49.4 Å². The van der Waals surface area contributed by atoms with Crippen molar-refractivity contribution in [2.45, 2.75) is 13.1 Å². The molecule has 19 nitrogen and oxygen atoms in total. The third kappa shape index (κ3) is 14.1. The Balaban J connectivity index is 1.86.